The van der Waals surface area contributed by atoms with Crippen LogP contribution in [0.3, 0.4) is 0 Å². The predicted molar refractivity (Wildman–Crippen MR) is 118 cm³/mol. The van der Waals surface area contributed by atoms with E-state index in [1.165, 1.54) is 10.8 Å². The van der Waals surface area contributed by atoms with Gasteiger partial charge >= 0.3 is 8.24 Å². The molecule has 4 aromatic carbocycles. The van der Waals surface area contributed by atoms with E-state index in [2.05, 4.69) is 74.5 Å². The van der Waals surface area contributed by atoms with Crippen molar-refractivity contribution in [1.82, 2.24) is 0 Å². The van der Waals surface area contributed by atoms with Crippen LogP contribution < -0.4 is 4.52 Å². The lowest BCUT2D eigenvalue weighted by molar-refractivity contribution is 0.322. The van der Waals surface area contributed by atoms with Gasteiger partial charge in [-0.2, -0.15) is 0 Å². The van der Waals surface area contributed by atoms with E-state index in [1.54, 1.807) is 0 Å². The Hall–Kier alpha value is -2.74. The lowest BCUT2D eigenvalue weighted by Gasteiger charge is -2.05. The summed E-state index contributed by atoms with van der Waals surface area (Å²) < 4.78 is 18.5. The maximum atomic E-state index is 6.27. The van der Waals surface area contributed by atoms with Crippen LogP contribution in [0.1, 0.15) is 13.8 Å². The van der Waals surface area contributed by atoms with Crippen LogP contribution in [0.5, 0.6) is 0 Å². The van der Waals surface area contributed by atoms with E-state index in [0.29, 0.717) is 12.5 Å². The molecule has 0 atom stereocenters. The van der Waals surface area contributed by atoms with Crippen molar-refractivity contribution < 1.29 is 12.9 Å². The Kier molecular flexibility index (Phi) is 4.35. The number of hydrogen-bond donors (Lipinski definition) is 0. The number of hydrogen-bond acceptors (Lipinski definition) is 3. The van der Waals surface area contributed by atoms with Gasteiger partial charge in [-0.1, -0.05) is 74.5 Å². The second kappa shape index (κ2) is 7.01. The molecular formula is C24H21O3P. The smallest absolute Gasteiger partial charge is 0.387 e. The van der Waals surface area contributed by atoms with Crippen LogP contribution >= 0.6 is 8.24 Å². The molecule has 0 aliphatic carbocycles. The molecule has 0 aliphatic rings. The van der Waals surface area contributed by atoms with Gasteiger partial charge in [-0.25, -0.2) is 0 Å². The lowest BCUT2D eigenvalue weighted by atomic mass is 9.99. The maximum Gasteiger partial charge on any atom is 0.387 e. The fourth-order valence-electron chi connectivity index (χ4n) is 3.61. The Morgan fingerprint density at radius 3 is 1.71 bits per heavy atom. The van der Waals surface area contributed by atoms with Crippen molar-refractivity contribution in [3.05, 3.63) is 72.8 Å². The Labute approximate surface area is 164 Å². The summed E-state index contributed by atoms with van der Waals surface area (Å²) in [5.41, 5.74) is 1.62. The summed E-state index contributed by atoms with van der Waals surface area (Å²) in [7, 11) is -1.51. The Balaban J connectivity index is 2.01. The molecule has 0 N–H and O–H groups in total. The normalized spacial score (nSPS) is 11.8. The molecule has 0 fully saturated rings. The molecule has 0 spiro atoms. The highest BCUT2D eigenvalue weighted by molar-refractivity contribution is 7.31. The minimum absolute atomic E-state index is 0.408. The van der Waals surface area contributed by atoms with E-state index >= 15 is 0 Å². The first kappa shape index (κ1) is 17.4. The minimum Gasteiger partial charge on any atom is -0.399 e. The standard InChI is InChI=1S/C24H21O3P/c1-16(2)15-25-28-26-21-13-11-17-7-3-5-9-19(17)23(21)24-20-10-6-4-8-18(20)12-14-22(24)27-28/h3-14,16H,15H2,1-2H3. The molecule has 28 heavy (non-hydrogen) atoms. The lowest BCUT2D eigenvalue weighted by Crippen LogP contribution is -2.01. The first-order valence-corrected chi connectivity index (χ1v) is 10.6. The van der Waals surface area contributed by atoms with Crippen LogP contribution in [-0.4, -0.2) is 6.61 Å². The van der Waals surface area contributed by atoms with Crippen molar-refractivity contribution >= 4 is 51.7 Å². The van der Waals surface area contributed by atoms with E-state index in [9.17, 15) is 0 Å². The molecule has 1 aromatic heterocycles. The van der Waals surface area contributed by atoms with Crippen molar-refractivity contribution in [1.29, 1.82) is 0 Å². The summed E-state index contributed by atoms with van der Waals surface area (Å²) in [4.78, 5) is 0. The number of benzene rings is 4. The molecule has 0 bridgehead atoms. The molecule has 5 aromatic rings. The van der Waals surface area contributed by atoms with Gasteiger partial charge in [0, 0.05) is 10.8 Å². The Morgan fingerprint density at radius 1 is 0.714 bits per heavy atom. The van der Waals surface area contributed by atoms with Crippen LogP contribution in [0.25, 0.3) is 43.5 Å². The average molecular weight is 388 g/mol. The van der Waals surface area contributed by atoms with Crippen LogP contribution in [-0.2, 0) is 0 Å². The quantitative estimate of drug-likeness (QED) is 0.318. The molecule has 0 amide bonds. The predicted octanol–water partition coefficient (Wildman–Crippen LogP) is 7.68. The van der Waals surface area contributed by atoms with Gasteiger partial charge in [0.05, 0.1) is 6.61 Å². The Bertz CT molecular complexity index is 1250. The highest BCUT2D eigenvalue weighted by Crippen LogP contribution is 2.40. The van der Waals surface area contributed by atoms with Gasteiger partial charge in [-0.05, 0) is 39.6 Å². The fraction of sp³-hybridized carbons (Fsp3) is 0.167. The molecule has 0 unspecified atom stereocenters. The summed E-state index contributed by atoms with van der Waals surface area (Å²) in [5, 5.41) is 6.81. The van der Waals surface area contributed by atoms with Gasteiger partial charge < -0.3 is 8.39 Å². The highest BCUT2D eigenvalue weighted by atomic mass is 31.1. The van der Waals surface area contributed by atoms with Crippen molar-refractivity contribution in [3.8, 4) is 0 Å². The van der Waals surface area contributed by atoms with Crippen LogP contribution in [0.2, 0.25) is 0 Å². The third kappa shape index (κ3) is 2.97. The van der Waals surface area contributed by atoms with Gasteiger partial charge in [0.25, 0.3) is 0 Å². The molecule has 4 heteroatoms. The summed E-state index contributed by atoms with van der Waals surface area (Å²) in [6, 6.07) is 25.1. The van der Waals surface area contributed by atoms with Crippen molar-refractivity contribution in [2.45, 2.75) is 13.8 Å². The largest absolute Gasteiger partial charge is 0.399 e. The first-order valence-electron chi connectivity index (χ1n) is 9.53. The molecule has 140 valence electrons. The Morgan fingerprint density at radius 2 is 1.21 bits per heavy atom. The summed E-state index contributed by atoms with van der Waals surface area (Å²) in [6.07, 6.45) is 0. The zero-order chi connectivity index (χ0) is 19.1. The second-order valence-electron chi connectivity index (χ2n) is 7.42. The summed E-state index contributed by atoms with van der Waals surface area (Å²) in [6.45, 7) is 4.84. The monoisotopic (exact) mass is 388 g/mol. The van der Waals surface area contributed by atoms with E-state index in [0.717, 1.165) is 32.7 Å². The van der Waals surface area contributed by atoms with E-state index in [1.807, 2.05) is 12.1 Å². The van der Waals surface area contributed by atoms with Gasteiger partial charge in [0.15, 0.2) is 0 Å². The van der Waals surface area contributed by atoms with Gasteiger partial charge in [0.2, 0.25) is 0 Å². The first-order chi connectivity index (χ1) is 13.7. The molecule has 1 heterocycles. The van der Waals surface area contributed by atoms with Gasteiger partial charge in [0.1, 0.15) is 11.2 Å². The number of rotatable bonds is 3. The topological polar surface area (TPSA) is 35.5 Å². The van der Waals surface area contributed by atoms with Crippen LogP contribution in [0.4, 0.5) is 0 Å². The zero-order valence-corrected chi connectivity index (χ0v) is 16.8. The zero-order valence-electron chi connectivity index (χ0n) is 15.9. The third-order valence-electron chi connectivity index (χ3n) is 4.89. The van der Waals surface area contributed by atoms with Crippen LogP contribution in [0, 0.1) is 5.92 Å². The second-order valence-corrected chi connectivity index (χ2v) is 8.49. The molecule has 0 aliphatic heterocycles. The average Bonchev–Trinajstić information content (AvgIpc) is 2.89. The molecule has 0 radical (unpaired) electrons. The minimum atomic E-state index is -1.51. The summed E-state index contributed by atoms with van der Waals surface area (Å²) >= 11 is 0. The van der Waals surface area contributed by atoms with Gasteiger partial charge in [-0.15, -0.1) is 0 Å². The SMILES string of the molecule is CC(C)COp1oc2ccc3ccccc3c2c2c(ccc3ccccc32)o1. The summed E-state index contributed by atoms with van der Waals surface area (Å²) in [5.74, 6) is 0.408. The number of fused-ring (bicyclic) bond motifs is 7. The highest BCUT2D eigenvalue weighted by Gasteiger charge is 2.13. The molecule has 5 rings (SSSR count). The van der Waals surface area contributed by atoms with E-state index in [-0.39, 0.29) is 0 Å². The van der Waals surface area contributed by atoms with E-state index < -0.39 is 8.24 Å². The van der Waals surface area contributed by atoms with E-state index in [4.69, 9.17) is 12.9 Å². The van der Waals surface area contributed by atoms with Crippen LogP contribution in [0.15, 0.2) is 81.2 Å². The molecule has 0 saturated heterocycles. The maximum absolute atomic E-state index is 6.27. The van der Waals surface area contributed by atoms with Crippen molar-refractivity contribution in [2.24, 2.45) is 5.92 Å². The fourth-order valence-corrected chi connectivity index (χ4v) is 4.80. The molecular weight excluding hydrogens is 367 g/mol. The van der Waals surface area contributed by atoms with Crippen molar-refractivity contribution in [3.63, 3.8) is 0 Å². The van der Waals surface area contributed by atoms with Crippen molar-refractivity contribution in [2.75, 3.05) is 6.61 Å². The molecule has 3 nitrogen and oxygen atoms in total. The van der Waals surface area contributed by atoms with Gasteiger partial charge in [-0.3, -0.25) is 4.52 Å². The molecule has 0 saturated carbocycles. The third-order valence-corrected chi connectivity index (χ3v) is 5.94.